The van der Waals surface area contributed by atoms with E-state index in [9.17, 15) is 4.79 Å². The first kappa shape index (κ1) is 18.4. The summed E-state index contributed by atoms with van der Waals surface area (Å²) in [4.78, 5) is 20.8. The third-order valence-electron chi connectivity index (χ3n) is 3.55. The lowest BCUT2D eigenvalue weighted by Gasteiger charge is -2.10. The molecule has 2 aromatic heterocycles. The van der Waals surface area contributed by atoms with Crippen LogP contribution in [0.2, 0.25) is 0 Å². The van der Waals surface area contributed by atoms with Crippen molar-refractivity contribution in [1.82, 2.24) is 19.7 Å². The number of carbonyl (C=O) groups excluding carboxylic acids is 1. The Kier molecular flexibility index (Phi) is 5.86. The number of hydrogen-bond donors (Lipinski definition) is 2. The maximum absolute atomic E-state index is 12.0. The zero-order valence-corrected chi connectivity index (χ0v) is 16.6. The second-order valence-corrected chi connectivity index (χ2v) is 6.63. The second kappa shape index (κ2) is 8.30. The molecule has 9 heteroatoms. The minimum Gasteiger partial charge on any atom is -0.448 e. The van der Waals surface area contributed by atoms with Gasteiger partial charge in [0.15, 0.2) is 0 Å². The topological polar surface area (TPSA) is 94.0 Å². The zero-order chi connectivity index (χ0) is 18.5. The van der Waals surface area contributed by atoms with Gasteiger partial charge in [-0.15, -0.1) is 0 Å². The number of benzene rings is 1. The van der Waals surface area contributed by atoms with Crippen LogP contribution >= 0.6 is 22.6 Å². The molecule has 26 heavy (non-hydrogen) atoms. The molecule has 0 aliphatic heterocycles. The summed E-state index contributed by atoms with van der Waals surface area (Å²) < 4.78 is 7.23. The summed E-state index contributed by atoms with van der Waals surface area (Å²) in [7, 11) is 0. The van der Waals surface area contributed by atoms with Gasteiger partial charge in [0.25, 0.3) is 0 Å². The highest BCUT2D eigenvalue weighted by atomic mass is 127. The van der Waals surface area contributed by atoms with Crippen LogP contribution in [-0.2, 0) is 4.74 Å². The molecule has 3 rings (SSSR count). The Balaban J connectivity index is 1.87. The van der Waals surface area contributed by atoms with Crippen LogP contribution < -0.4 is 10.6 Å². The number of carbonyl (C=O) groups is 1. The van der Waals surface area contributed by atoms with E-state index in [2.05, 4.69) is 55.2 Å². The van der Waals surface area contributed by atoms with Gasteiger partial charge < -0.3 is 15.4 Å². The van der Waals surface area contributed by atoms with E-state index in [-0.39, 0.29) is 0 Å². The van der Waals surface area contributed by atoms with Gasteiger partial charge in [0.05, 0.1) is 21.9 Å². The fourth-order valence-corrected chi connectivity index (χ4v) is 2.80. The Bertz CT molecular complexity index is 927. The predicted octanol–water partition coefficient (Wildman–Crippen LogP) is 4.00. The van der Waals surface area contributed by atoms with Gasteiger partial charge in [-0.05, 0) is 54.1 Å². The number of aromatic nitrogens is 4. The van der Waals surface area contributed by atoms with E-state index in [1.54, 1.807) is 19.3 Å². The van der Waals surface area contributed by atoms with Crippen LogP contribution in [0.1, 0.15) is 20.3 Å². The summed E-state index contributed by atoms with van der Waals surface area (Å²) in [5.41, 5.74) is 1.41. The van der Waals surface area contributed by atoms with Crippen LogP contribution in [-0.4, -0.2) is 39.0 Å². The molecule has 0 aliphatic rings. The highest BCUT2D eigenvalue weighted by molar-refractivity contribution is 14.1. The molecule has 0 saturated heterocycles. The number of nitrogens with zero attached hydrogens (tertiary/aromatic N) is 4. The third-order valence-corrected chi connectivity index (χ3v) is 4.34. The normalized spacial score (nSPS) is 10.7. The van der Waals surface area contributed by atoms with Crippen molar-refractivity contribution in [2.24, 2.45) is 0 Å². The van der Waals surface area contributed by atoms with Crippen molar-refractivity contribution in [1.29, 1.82) is 0 Å². The van der Waals surface area contributed by atoms with E-state index < -0.39 is 6.09 Å². The van der Waals surface area contributed by atoms with Gasteiger partial charge in [-0.25, -0.2) is 9.78 Å². The van der Waals surface area contributed by atoms with E-state index in [0.29, 0.717) is 18.1 Å². The van der Waals surface area contributed by atoms with Gasteiger partial charge in [0.1, 0.15) is 5.82 Å². The standard InChI is InChI=1S/C17H19IN6O2/c1-3-7-19-15-13(18)10-20-16(23-15)22-12-6-5-11-9-21-24(14(11)8-12)17(25)26-4-2/h5-6,8-10H,3-4,7H2,1-2H3,(H2,19,20,22,23). The first-order chi connectivity index (χ1) is 12.6. The highest BCUT2D eigenvalue weighted by Gasteiger charge is 2.12. The lowest BCUT2D eigenvalue weighted by atomic mass is 10.2. The summed E-state index contributed by atoms with van der Waals surface area (Å²) in [5.74, 6) is 1.27. The predicted molar refractivity (Wildman–Crippen MR) is 109 cm³/mol. The Morgan fingerprint density at radius 2 is 2.15 bits per heavy atom. The van der Waals surface area contributed by atoms with Crippen molar-refractivity contribution >= 4 is 57.0 Å². The van der Waals surface area contributed by atoms with Crippen LogP contribution in [0.25, 0.3) is 10.9 Å². The molecule has 3 aromatic rings. The smallest absolute Gasteiger partial charge is 0.435 e. The summed E-state index contributed by atoms with van der Waals surface area (Å²) in [5, 5.41) is 11.4. The molecule has 0 atom stereocenters. The van der Waals surface area contributed by atoms with E-state index in [0.717, 1.165) is 33.4 Å². The number of hydrogen-bond acceptors (Lipinski definition) is 7. The number of nitrogens with one attached hydrogen (secondary N) is 2. The Morgan fingerprint density at radius 3 is 2.92 bits per heavy atom. The average molecular weight is 466 g/mol. The van der Waals surface area contributed by atoms with Crippen molar-refractivity contribution in [3.05, 3.63) is 34.2 Å². The molecule has 0 unspecified atom stereocenters. The Hall–Kier alpha value is -2.43. The quantitative estimate of drug-likeness (QED) is 0.531. The van der Waals surface area contributed by atoms with Crippen molar-refractivity contribution < 1.29 is 9.53 Å². The lowest BCUT2D eigenvalue weighted by Crippen LogP contribution is -2.14. The first-order valence-electron chi connectivity index (χ1n) is 8.30. The fraction of sp³-hybridized carbons (Fsp3) is 0.294. The van der Waals surface area contributed by atoms with Gasteiger partial charge in [0, 0.05) is 23.8 Å². The second-order valence-electron chi connectivity index (χ2n) is 5.47. The molecule has 8 nitrogen and oxygen atoms in total. The molecular formula is C17H19IN6O2. The number of anilines is 3. The largest absolute Gasteiger partial charge is 0.448 e. The van der Waals surface area contributed by atoms with Crippen LogP contribution in [0, 0.1) is 3.57 Å². The molecule has 2 heterocycles. The van der Waals surface area contributed by atoms with Gasteiger partial charge >= 0.3 is 6.09 Å². The first-order valence-corrected chi connectivity index (χ1v) is 9.38. The Morgan fingerprint density at radius 1 is 1.31 bits per heavy atom. The zero-order valence-electron chi connectivity index (χ0n) is 14.5. The van der Waals surface area contributed by atoms with Gasteiger partial charge in [-0.3, -0.25) is 0 Å². The number of rotatable bonds is 6. The van der Waals surface area contributed by atoms with Gasteiger partial charge in [-0.1, -0.05) is 6.92 Å². The van der Waals surface area contributed by atoms with Crippen LogP contribution in [0.4, 0.5) is 22.2 Å². The van der Waals surface area contributed by atoms with Crippen molar-refractivity contribution in [3.8, 4) is 0 Å². The molecule has 0 radical (unpaired) electrons. The average Bonchev–Trinajstić information content (AvgIpc) is 3.05. The van der Waals surface area contributed by atoms with Crippen LogP contribution in [0.3, 0.4) is 0 Å². The lowest BCUT2D eigenvalue weighted by molar-refractivity contribution is 0.151. The third kappa shape index (κ3) is 4.03. The number of halogens is 1. The Labute approximate surface area is 164 Å². The summed E-state index contributed by atoms with van der Waals surface area (Å²) in [6.07, 6.45) is 3.90. The van der Waals surface area contributed by atoms with Crippen molar-refractivity contribution in [2.45, 2.75) is 20.3 Å². The van der Waals surface area contributed by atoms with E-state index in [4.69, 9.17) is 4.74 Å². The summed E-state index contributed by atoms with van der Waals surface area (Å²) in [6, 6.07) is 5.59. The van der Waals surface area contributed by atoms with Crippen LogP contribution in [0.5, 0.6) is 0 Å². The molecule has 1 aromatic carbocycles. The van der Waals surface area contributed by atoms with Crippen LogP contribution in [0.15, 0.2) is 30.6 Å². The molecule has 0 aliphatic carbocycles. The van der Waals surface area contributed by atoms with E-state index in [1.165, 1.54) is 4.68 Å². The molecular weight excluding hydrogens is 447 g/mol. The molecule has 0 bridgehead atoms. The molecule has 0 amide bonds. The van der Waals surface area contributed by atoms with E-state index in [1.807, 2.05) is 18.2 Å². The monoisotopic (exact) mass is 466 g/mol. The SMILES string of the molecule is CCCNc1nc(Nc2ccc3cnn(C(=O)OCC)c3c2)ncc1I. The maximum atomic E-state index is 12.0. The molecule has 0 spiro atoms. The summed E-state index contributed by atoms with van der Waals surface area (Å²) in [6.45, 7) is 5.00. The molecule has 0 fully saturated rings. The molecule has 0 saturated carbocycles. The van der Waals surface area contributed by atoms with Gasteiger partial charge in [0.2, 0.25) is 5.95 Å². The van der Waals surface area contributed by atoms with Crippen molar-refractivity contribution in [2.75, 3.05) is 23.8 Å². The van der Waals surface area contributed by atoms with Gasteiger partial charge in [-0.2, -0.15) is 14.8 Å². The minimum absolute atomic E-state index is 0.294. The van der Waals surface area contributed by atoms with E-state index >= 15 is 0 Å². The number of fused-ring (bicyclic) bond motifs is 1. The minimum atomic E-state index is -0.504. The van der Waals surface area contributed by atoms with Crippen molar-refractivity contribution in [3.63, 3.8) is 0 Å². The fourth-order valence-electron chi connectivity index (χ4n) is 2.35. The maximum Gasteiger partial charge on any atom is 0.435 e. The number of ether oxygens (including phenoxy) is 1. The highest BCUT2D eigenvalue weighted by Crippen LogP contribution is 2.23. The molecule has 2 N–H and O–H groups in total. The molecule has 136 valence electrons. The summed E-state index contributed by atoms with van der Waals surface area (Å²) >= 11 is 2.20.